The van der Waals surface area contributed by atoms with Crippen molar-refractivity contribution < 1.29 is 9.59 Å². The molecule has 0 radical (unpaired) electrons. The van der Waals surface area contributed by atoms with Gasteiger partial charge in [0.05, 0.1) is 0 Å². The van der Waals surface area contributed by atoms with E-state index in [1.165, 1.54) is 12.8 Å². The fourth-order valence-electron chi connectivity index (χ4n) is 4.60. The Balaban J connectivity index is 1.50. The van der Waals surface area contributed by atoms with Gasteiger partial charge in [-0.2, -0.15) is 0 Å². The first-order valence-corrected chi connectivity index (χ1v) is 9.22. The third kappa shape index (κ3) is 2.92. The van der Waals surface area contributed by atoms with Crippen LogP contribution >= 0.6 is 0 Å². The summed E-state index contributed by atoms with van der Waals surface area (Å²) in [6.45, 7) is 2.28. The number of piperidine rings is 1. The summed E-state index contributed by atoms with van der Waals surface area (Å²) in [5.41, 5.74) is 0.694. The molecule has 1 aromatic rings. The highest BCUT2D eigenvalue weighted by Crippen LogP contribution is 2.33. The summed E-state index contributed by atoms with van der Waals surface area (Å²) in [5, 5.41) is 0. The van der Waals surface area contributed by atoms with Gasteiger partial charge in [-0.05, 0) is 43.7 Å². The van der Waals surface area contributed by atoms with E-state index in [0.717, 1.165) is 38.8 Å². The van der Waals surface area contributed by atoms with Crippen LogP contribution < -0.4 is 0 Å². The van der Waals surface area contributed by atoms with Gasteiger partial charge in [0.1, 0.15) is 0 Å². The van der Waals surface area contributed by atoms with Gasteiger partial charge < -0.3 is 9.80 Å². The average Bonchev–Trinajstić information content (AvgIpc) is 3.01. The molecule has 0 N–H and O–H groups in total. The smallest absolute Gasteiger partial charge is 0.254 e. The van der Waals surface area contributed by atoms with Gasteiger partial charge in [0.2, 0.25) is 5.91 Å². The zero-order chi connectivity index (χ0) is 16.5. The number of pyridine rings is 1. The predicted octanol–water partition coefficient (Wildman–Crippen LogP) is 2.33. The largest absolute Gasteiger partial charge is 0.337 e. The molecule has 4 heterocycles. The van der Waals surface area contributed by atoms with E-state index in [1.807, 2.05) is 4.90 Å². The summed E-state index contributed by atoms with van der Waals surface area (Å²) in [6, 6.07) is 3.75. The Labute approximate surface area is 143 Å². The predicted molar refractivity (Wildman–Crippen MR) is 90.3 cm³/mol. The lowest BCUT2D eigenvalue weighted by Gasteiger charge is -2.37. The second-order valence-electron chi connectivity index (χ2n) is 7.52. The van der Waals surface area contributed by atoms with Crippen molar-refractivity contribution >= 4 is 11.8 Å². The molecular weight excluding hydrogens is 302 g/mol. The number of fused-ring (bicyclic) bond motifs is 4. The first kappa shape index (κ1) is 15.6. The van der Waals surface area contributed by atoms with Crippen LogP contribution in [0, 0.1) is 11.8 Å². The number of carbonyl (C=O) groups is 2. The van der Waals surface area contributed by atoms with Crippen molar-refractivity contribution in [3.63, 3.8) is 0 Å². The van der Waals surface area contributed by atoms with Gasteiger partial charge in [-0.3, -0.25) is 14.6 Å². The van der Waals surface area contributed by atoms with E-state index < -0.39 is 0 Å². The second-order valence-corrected chi connectivity index (χ2v) is 7.52. The van der Waals surface area contributed by atoms with E-state index in [0.29, 0.717) is 23.9 Å². The summed E-state index contributed by atoms with van der Waals surface area (Å²) in [4.78, 5) is 33.8. The molecule has 1 saturated carbocycles. The highest BCUT2D eigenvalue weighted by Gasteiger charge is 2.40. The van der Waals surface area contributed by atoms with E-state index >= 15 is 0 Å². The Bertz CT molecular complexity index is 612. The lowest BCUT2D eigenvalue weighted by molar-refractivity contribution is -0.139. The third-order valence-corrected chi connectivity index (χ3v) is 5.92. The van der Waals surface area contributed by atoms with E-state index in [2.05, 4.69) is 9.88 Å². The van der Waals surface area contributed by atoms with Crippen LogP contribution in [0.15, 0.2) is 24.5 Å². The molecule has 0 aromatic carbocycles. The van der Waals surface area contributed by atoms with E-state index in [4.69, 9.17) is 0 Å². The van der Waals surface area contributed by atoms with Crippen molar-refractivity contribution in [2.45, 2.75) is 44.6 Å². The molecule has 128 valence electrons. The number of aromatic nitrogens is 1. The molecule has 0 unspecified atom stereocenters. The van der Waals surface area contributed by atoms with Crippen LogP contribution in [0.2, 0.25) is 0 Å². The second kappa shape index (κ2) is 6.54. The summed E-state index contributed by atoms with van der Waals surface area (Å²) < 4.78 is 0. The molecule has 5 rings (SSSR count). The van der Waals surface area contributed by atoms with Crippen molar-refractivity contribution in [1.82, 2.24) is 14.8 Å². The quantitative estimate of drug-likeness (QED) is 0.838. The summed E-state index contributed by atoms with van der Waals surface area (Å²) >= 11 is 0. The average molecular weight is 327 g/mol. The number of rotatable bonds is 2. The lowest BCUT2D eigenvalue weighted by Crippen LogP contribution is -2.49. The lowest BCUT2D eigenvalue weighted by atomic mass is 9.93. The molecule has 4 aliphatic rings. The molecule has 5 nitrogen and oxygen atoms in total. The molecule has 3 aliphatic heterocycles. The molecule has 2 bridgehead atoms. The van der Waals surface area contributed by atoms with Crippen LogP contribution in [0.4, 0.5) is 0 Å². The normalized spacial score (nSPS) is 27.3. The van der Waals surface area contributed by atoms with Crippen LogP contribution in [0.25, 0.3) is 0 Å². The molecule has 4 fully saturated rings. The van der Waals surface area contributed by atoms with Gasteiger partial charge in [0.15, 0.2) is 0 Å². The topological polar surface area (TPSA) is 53.5 Å². The molecule has 5 heteroatoms. The minimum absolute atomic E-state index is 0.0736. The van der Waals surface area contributed by atoms with Gasteiger partial charge in [-0.25, -0.2) is 0 Å². The van der Waals surface area contributed by atoms with Gasteiger partial charge in [0.25, 0.3) is 5.91 Å². The van der Waals surface area contributed by atoms with Gasteiger partial charge in [-0.15, -0.1) is 0 Å². The summed E-state index contributed by atoms with van der Waals surface area (Å²) in [5.74, 6) is 1.07. The molecular formula is C19H25N3O2. The van der Waals surface area contributed by atoms with Crippen molar-refractivity contribution in [1.29, 1.82) is 0 Å². The molecule has 2 atom stereocenters. The summed E-state index contributed by atoms with van der Waals surface area (Å²) in [7, 11) is 0. The maximum absolute atomic E-state index is 12.9. The Morgan fingerprint density at radius 3 is 2.46 bits per heavy atom. The van der Waals surface area contributed by atoms with E-state index in [9.17, 15) is 9.59 Å². The molecule has 1 aliphatic carbocycles. The maximum atomic E-state index is 12.9. The van der Waals surface area contributed by atoms with Crippen LogP contribution in [0.5, 0.6) is 0 Å². The Morgan fingerprint density at radius 1 is 0.958 bits per heavy atom. The maximum Gasteiger partial charge on any atom is 0.254 e. The Kier molecular flexibility index (Phi) is 4.25. The van der Waals surface area contributed by atoms with Crippen molar-refractivity contribution in [2.75, 3.05) is 19.6 Å². The van der Waals surface area contributed by atoms with Crippen LogP contribution in [-0.4, -0.2) is 52.3 Å². The molecule has 0 spiro atoms. The van der Waals surface area contributed by atoms with E-state index in [-0.39, 0.29) is 17.9 Å². The standard InChI is InChI=1S/C19H25N3O2/c23-18(16-7-9-20-10-8-16)21-11-14-5-6-17(13-21)22(12-14)19(24)15-3-1-2-4-15/h7-10,14-15,17H,1-6,11-13H2/t14-,17+/m1/s1. The van der Waals surface area contributed by atoms with Crippen molar-refractivity contribution in [2.24, 2.45) is 11.8 Å². The number of carbonyl (C=O) groups excluding carboxylic acids is 2. The highest BCUT2D eigenvalue weighted by molar-refractivity contribution is 5.94. The van der Waals surface area contributed by atoms with Crippen molar-refractivity contribution in [3.8, 4) is 0 Å². The van der Waals surface area contributed by atoms with Crippen molar-refractivity contribution in [3.05, 3.63) is 30.1 Å². The van der Waals surface area contributed by atoms with E-state index in [1.54, 1.807) is 24.5 Å². The minimum Gasteiger partial charge on any atom is -0.337 e. The van der Waals surface area contributed by atoms with Gasteiger partial charge >= 0.3 is 0 Å². The molecule has 2 amide bonds. The minimum atomic E-state index is 0.0736. The van der Waals surface area contributed by atoms with Gasteiger partial charge in [0, 0.05) is 49.6 Å². The zero-order valence-corrected chi connectivity index (χ0v) is 14.1. The Hall–Kier alpha value is -1.91. The monoisotopic (exact) mass is 327 g/mol. The third-order valence-electron chi connectivity index (χ3n) is 5.92. The fraction of sp³-hybridized carbons (Fsp3) is 0.632. The first-order chi connectivity index (χ1) is 11.7. The van der Waals surface area contributed by atoms with Crippen LogP contribution in [0.1, 0.15) is 48.9 Å². The van der Waals surface area contributed by atoms with Gasteiger partial charge in [-0.1, -0.05) is 12.8 Å². The molecule has 3 saturated heterocycles. The molecule has 24 heavy (non-hydrogen) atoms. The number of hydrogen-bond donors (Lipinski definition) is 0. The number of hydrogen-bond acceptors (Lipinski definition) is 3. The fourth-order valence-corrected chi connectivity index (χ4v) is 4.60. The summed E-state index contributed by atoms with van der Waals surface area (Å²) in [6.07, 6.45) is 9.95. The van der Waals surface area contributed by atoms with Crippen LogP contribution in [0.3, 0.4) is 0 Å². The Morgan fingerprint density at radius 2 is 1.71 bits per heavy atom. The molecule has 1 aromatic heterocycles. The SMILES string of the molecule is O=C(c1ccncc1)N1C[C@H]2CC[C@@H](C1)N(C(=O)C1CCCC1)C2. The zero-order valence-electron chi connectivity index (χ0n) is 14.1. The van der Waals surface area contributed by atoms with Crippen LogP contribution in [-0.2, 0) is 4.79 Å². The number of nitrogens with zero attached hydrogens (tertiary/aromatic N) is 3. The first-order valence-electron chi connectivity index (χ1n) is 9.22. The highest BCUT2D eigenvalue weighted by atomic mass is 16.2. The number of amides is 2.